The molecule has 2 aromatic heterocycles. The maximum atomic E-state index is 11.9. The lowest BCUT2D eigenvalue weighted by Crippen LogP contribution is -2.04. The summed E-state index contributed by atoms with van der Waals surface area (Å²) in [5.41, 5.74) is 2.05. The highest BCUT2D eigenvalue weighted by molar-refractivity contribution is 6.05. The first-order chi connectivity index (χ1) is 11.6. The molecule has 2 N–H and O–H groups in total. The number of aromatic hydroxyl groups is 2. The van der Waals surface area contributed by atoms with Gasteiger partial charge in [-0.1, -0.05) is 36.4 Å². The second kappa shape index (κ2) is 5.09. The van der Waals surface area contributed by atoms with Crippen LogP contribution in [0.15, 0.2) is 54.6 Å². The Morgan fingerprint density at radius 3 is 2.58 bits per heavy atom. The number of carbonyl (C=O) groups is 1. The van der Waals surface area contributed by atoms with E-state index in [0.29, 0.717) is 22.3 Å². The van der Waals surface area contributed by atoms with Crippen molar-refractivity contribution in [3.63, 3.8) is 0 Å². The highest BCUT2D eigenvalue weighted by Crippen LogP contribution is 2.39. The van der Waals surface area contributed by atoms with Crippen molar-refractivity contribution in [3.05, 3.63) is 54.6 Å². The fraction of sp³-hybridized carbons (Fsp3) is 0.0526. The van der Waals surface area contributed by atoms with Crippen LogP contribution in [0, 0.1) is 0 Å². The van der Waals surface area contributed by atoms with Crippen LogP contribution in [-0.2, 0) is 0 Å². The van der Waals surface area contributed by atoms with E-state index < -0.39 is 0 Å². The molecule has 2 heterocycles. The lowest BCUT2D eigenvalue weighted by Gasteiger charge is -2.05. The molecule has 0 spiro atoms. The Balaban J connectivity index is 2.09. The minimum atomic E-state index is -0.279. The highest BCUT2D eigenvalue weighted by Gasteiger charge is 2.21. The zero-order valence-electron chi connectivity index (χ0n) is 12.9. The van der Waals surface area contributed by atoms with Crippen LogP contribution in [0.5, 0.6) is 11.6 Å². The Hall–Kier alpha value is -3.34. The van der Waals surface area contributed by atoms with Crippen LogP contribution >= 0.6 is 0 Å². The van der Waals surface area contributed by atoms with Gasteiger partial charge in [-0.2, -0.15) is 0 Å². The summed E-state index contributed by atoms with van der Waals surface area (Å²) in [6.45, 7) is 1.40. The van der Waals surface area contributed by atoms with Crippen LogP contribution in [0.2, 0.25) is 0 Å². The molecule has 118 valence electrons. The van der Waals surface area contributed by atoms with E-state index in [1.165, 1.54) is 11.5 Å². The molecule has 24 heavy (non-hydrogen) atoms. The van der Waals surface area contributed by atoms with Crippen molar-refractivity contribution in [2.24, 2.45) is 0 Å². The number of rotatable bonds is 1. The number of pyridine rings is 1. The van der Waals surface area contributed by atoms with Gasteiger partial charge in [-0.25, -0.2) is 4.98 Å². The number of carbonyl (C=O) groups excluding carboxylic acids is 1. The predicted octanol–water partition coefficient (Wildman–Crippen LogP) is 3.93. The number of aromatic nitrogens is 2. The first-order valence-electron chi connectivity index (χ1n) is 7.50. The molecule has 0 bridgehead atoms. The molecule has 0 atom stereocenters. The number of nitrogens with zero attached hydrogens (tertiary/aromatic N) is 2. The Kier molecular flexibility index (Phi) is 3.03. The third-order valence-corrected chi connectivity index (χ3v) is 4.12. The molecule has 0 fully saturated rings. The van der Waals surface area contributed by atoms with E-state index in [0.717, 1.165) is 10.8 Å². The van der Waals surface area contributed by atoms with Crippen molar-refractivity contribution in [2.75, 3.05) is 0 Å². The number of fused-ring (bicyclic) bond motifs is 2. The molecule has 0 unspecified atom stereocenters. The third-order valence-electron chi connectivity index (χ3n) is 4.12. The molecule has 0 saturated carbocycles. The maximum absolute atomic E-state index is 11.9. The van der Waals surface area contributed by atoms with Gasteiger partial charge in [-0.05, 0) is 18.2 Å². The molecular weight excluding hydrogens is 304 g/mol. The molecule has 5 heteroatoms. The number of benzene rings is 2. The first-order valence-corrected chi connectivity index (χ1v) is 7.50. The second-order valence-corrected chi connectivity index (χ2v) is 5.62. The fourth-order valence-corrected chi connectivity index (χ4v) is 3.07. The van der Waals surface area contributed by atoms with Gasteiger partial charge in [0.05, 0.1) is 16.8 Å². The van der Waals surface area contributed by atoms with E-state index in [-0.39, 0.29) is 17.5 Å². The summed E-state index contributed by atoms with van der Waals surface area (Å²) in [5.74, 6) is -0.353. The van der Waals surface area contributed by atoms with Crippen molar-refractivity contribution in [2.45, 2.75) is 6.92 Å². The molecule has 0 aliphatic rings. The third kappa shape index (κ3) is 1.95. The van der Waals surface area contributed by atoms with Crippen LogP contribution in [0.4, 0.5) is 0 Å². The summed E-state index contributed by atoms with van der Waals surface area (Å²) in [6.07, 6.45) is 0. The zero-order valence-corrected chi connectivity index (χ0v) is 12.9. The van der Waals surface area contributed by atoms with Crippen molar-refractivity contribution >= 4 is 27.7 Å². The summed E-state index contributed by atoms with van der Waals surface area (Å²) in [6, 6.07) is 16.0. The van der Waals surface area contributed by atoms with Gasteiger partial charge >= 0.3 is 0 Å². The smallest absolute Gasteiger partial charge is 0.230 e. The van der Waals surface area contributed by atoms with E-state index in [1.54, 1.807) is 24.3 Å². The molecule has 0 amide bonds. The average Bonchev–Trinajstić information content (AvgIpc) is 2.87. The Morgan fingerprint density at radius 1 is 1.00 bits per heavy atom. The number of para-hydroxylation sites is 2. The van der Waals surface area contributed by atoms with Gasteiger partial charge in [0, 0.05) is 17.7 Å². The number of hydrogen-bond acceptors (Lipinski definition) is 4. The SMILES string of the molecule is CC(=O)n1c(O)c(-c2ccc3cccc(O)c3n2)c2ccccc21. The van der Waals surface area contributed by atoms with Gasteiger partial charge in [0.25, 0.3) is 0 Å². The summed E-state index contributed by atoms with van der Waals surface area (Å²) in [4.78, 5) is 16.4. The molecule has 0 aliphatic heterocycles. The van der Waals surface area contributed by atoms with Crippen LogP contribution in [0.3, 0.4) is 0 Å². The van der Waals surface area contributed by atoms with Crippen LogP contribution < -0.4 is 0 Å². The first kappa shape index (κ1) is 14.3. The molecule has 5 nitrogen and oxygen atoms in total. The van der Waals surface area contributed by atoms with Gasteiger partial charge in [0.1, 0.15) is 11.3 Å². The summed E-state index contributed by atoms with van der Waals surface area (Å²) >= 11 is 0. The standard InChI is InChI=1S/C19H14N2O3/c1-11(22)21-15-7-3-2-6-13(15)17(19(21)24)14-10-9-12-5-4-8-16(23)18(12)20-14/h2-10,23-24H,1H3. The highest BCUT2D eigenvalue weighted by atomic mass is 16.3. The van der Waals surface area contributed by atoms with Crippen molar-refractivity contribution in [1.29, 1.82) is 0 Å². The van der Waals surface area contributed by atoms with E-state index >= 15 is 0 Å². The predicted molar refractivity (Wildman–Crippen MR) is 92.3 cm³/mol. The topological polar surface area (TPSA) is 75.4 Å². The fourth-order valence-electron chi connectivity index (χ4n) is 3.07. The van der Waals surface area contributed by atoms with Crippen molar-refractivity contribution in [1.82, 2.24) is 9.55 Å². The van der Waals surface area contributed by atoms with E-state index in [1.807, 2.05) is 30.3 Å². The van der Waals surface area contributed by atoms with Gasteiger partial charge < -0.3 is 10.2 Å². The van der Waals surface area contributed by atoms with Gasteiger partial charge in [0.2, 0.25) is 11.8 Å². The average molecular weight is 318 g/mol. The normalized spacial score (nSPS) is 11.2. The van der Waals surface area contributed by atoms with E-state index in [9.17, 15) is 15.0 Å². The van der Waals surface area contributed by atoms with Crippen LogP contribution in [0.1, 0.15) is 11.7 Å². The summed E-state index contributed by atoms with van der Waals surface area (Å²) < 4.78 is 1.27. The molecule has 0 aliphatic carbocycles. The molecule has 0 radical (unpaired) electrons. The molecule has 2 aromatic carbocycles. The summed E-state index contributed by atoms with van der Waals surface area (Å²) in [7, 11) is 0. The molecule has 4 aromatic rings. The lowest BCUT2D eigenvalue weighted by atomic mass is 10.1. The molecule has 4 rings (SSSR count). The number of phenolic OH excluding ortho intramolecular Hbond substituents is 1. The Bertz CT molecular complexity index is 1110. The van der Waals surface area contributed by atoms with Crippen molar-refractivity contribution < 1.29 is 15.0 Å². The lowest BCUT2D eigenvalue weighted by molar-refractivity contribution is 0.0933. The Labute approximate surface area is 137 Å². The van der Waals surface area contributed by atoms with E-state index in [4.69, 9.17) is 0 Å². The monoisotopic (exact) mass is 318 g/mol. The van der Waals surface area contributed by atoms with Gasteiger partial charge in [0.15, 0.2) is 0 Å². The van der Waals surface area contributed by atoms with Crippen LogP contribution in [-0.4, -0.2) is 25.7 Å². The minimum Gasteiger partial charge on any atom is -0.506 e. The van der Waals surface area contributed by atoms with Gasteiger partial charge in [-0.15, -0.1) is 0 Å². The largest absolute Gasteiger partial charge is 0.506 e. The number of phenols is 1. The second-order valence-electron chi connectivity index (χ2n) is 5.62. The van der Waals surface area contributed by atoms with Crippen LogP contribution in [0.25, 0.3) is 33.1 Å². The quantitative estimate of drug-likeness (QED) is 0.557. The van der Waals surface area contributed by atoms with E-state index in [2.05, 4.69) is 4.98 Å². The maximum Gasteiger partial charge on any atom is 0.230 e. The molecular formula is C19H14N2O3. The Morgan fingerprint density at radius 2 is 1.79 bits per heavy atom. The zero-order chi connectivity index (χ0) is 16.8. The summed E-state index contributed by atoms with van der Waals surface area (Å²) in [5, 5.41) is 22.2. The van der Waals surface area contributed by atoms with Gasteiger partial charge in [-0.3, -0.25) is 9.36 Å². The molecule has 0 saturated heterocycles. The van der Waals surface area contributed by atoms with Crippen molar-refractivity contribution in [3.8, 4) is 22.9 Å². The number of hydrogen-bond donors (Lipinski definition) is 2. The minimum absolute atomic E-state index is 0.0733.